The van der Waals surface area contributed by atoms with Crippen molar-refractivity contribution < 1.29 is 23.5 Å². The maximum absolute atomic E-state index is 13.1. The van der Waals surface area contributed by atoms with Crippen molar-refractivity contribution in [3.63, 3.8) is 0 Å². The van der Waals surface area contributed by atoms with Crippen LogP contribution in [0.1, 0.15) is 16.7 Å². The Morgan fingerprint density at radius 2 is 1.74 bits per heavy atom. The van der Waals surface area contributed by atoms with Gasteiger partial charge in [0, 0.05) is 10.0 Å². The van der Waals surface area contributed by atoms with Crippen LogP contribution in [-0.4, -0.2) is 29.2 Å². The lowest BCUT2D eigenvalue weighted by atomic mass is 10.1. The number of thioether (sulfide) groups is 1. The van der Waals surface area contributed by atoms with Crippen molar-refractivity contribution in [2.75, 3.05) is 13.2 Å². The molecule has 2 amide bonds. The lowest BCUT2D eigenvalue weighted by Crippen LogP contribution is -2.32. The number of nitrogens with zero attached hydrogens (tertiary/aromatic N) is 1. The lowest BCUT2D eigenvalue weighted by molar-refractivity contribution is -0.123. The molecule has 5 nitrogen and oxygen atoms in total. The highest BCUT2D eigenvalue weighted by Gasteiger charge is 2.35. The first-order valence-corrected chi connectivity index (χ1v) is 12.1. The van der Waals surface area contributed by atoms with E-state index in [2.05, 4.69) is 15.9 Å². The normalized spacial score (nSPS) is 14.7. The Morgan fingerprint density at radius 3 is 2.47 bits per heavy atom. The van der Waals surface area contributed by atoms with Gasteiger partial charge in [-0.3, -0.25) is 14.5 Å². The average molecular weight is 542 g/mol. The van der Waals surface area contributed by atoms with Crippen molar-refractivity contribution in [2.24, 2.45) is 0 Å². The van der Waals surface area contributed by atoms with E-state index in [0.717, 1.165) is 27.4 Å². The topological polar surface area (TPSA) is 55.8 Å². The van der Waals surface area contributed by atoms with Crippen molar-refractivity contribution in [3.8, 4) is 11.5 Å². The molecule has 1 aliphatic heterocycles. The standard InChI is InChI=1S/C26H21BrFNO4S/c1-17-2-9-22(10-3-17)32-13-12-29-25(30)24(34-26(29)31)15-19-14-20(27)6-11-23(19)33-16-18-4-7-21(28)8-5-18/h2-11,14-15H,12-13,16H2,1H3/b24-15-. The zero-order valence-corrected chi connectivity index (χ0v) is 20.7. The highest BCUT2D eigenvalue weighted by atomic mass is 79.9. The maximum Gasteiger partial charge on any atom is 0.293 e. The van der Waals surface area contributed by atoms with Crippen LogP contribution in [0.3, 0.4) is 0 Å². The molecule has 0 bridgehead atoms. The number of aryl methyl sites for hydroxylation is 1. The minimum atomic E-state index is -0.369. The van der Waals surface area contributed by atoms with Crippen LogP contribution in [0, 0.1) is 12.7 Å². The van der Waals surface area contributed by atoms with Crippen molar-refractivity contribution in [2.45, 2.75) is 13.5 Å². The summed E-state index contributed by atoms with van der Waals surface area (Å²) in [5.41, 5.74) is 2.58. The molecule has 0 spiro atoms. The molecule has 1 aliphatic rings. The average Bonchev–Trinajstić information content (AvgIpc) is 3.08. The number of amides is 2. The van der Waals surface area contributed by atoms with Gasteiger partial charge in [0.1, 0.15) is 30.5 Å². The largest absolute Gasteiger partial charge is 0.492 e. The number of rotatable bonds is 8. The molecule has 0 radical (unpaired) electrons. The molecule has 1 fully saturated rings. The van der Waals surface area contributed by atoms with Crippen LogP contribution in [0.2, 0.25) is 0 Å². The molecular weight excluding hydrogens is 521 g/mol. The highest BCUT2D eigenvalue weighted by Crippen LogP contribution is 2.35. The highest BCUT2D eigenvalue weighted by molar-refractivity contribution is 9.10. The molecule has 0 N–H and O–H groups in total. The molecule has 1 heterocycles. The fraction of sp³-hybridized carbons (Fsp3) is 0.154. The first-order valence-electron chi connectivity index (χ1n) is 10.5. The van der Waals surface area contributed by atoms with Crippen molar-refractivity contribution in [1.29, 1.82) is 0 Å². The molecule has 0 saturated carbocycles. The summed E-state index contributed by atoms with van der Waals surface area (Å²) in [6.45, 7) is 2.58. The molecule has 0 aromatic heterocycles. The van der Waals surface area contributed by atoms with E-state index in [4.69, 9.17) is 9.47 Å². The summed E-state index contributed by atoms with van der Waals surface area (Å²) in [4.78, 5) is 26.8. The Labute approximate surface area is 209 Å². The van der Waals surface area contributed by atoms with Crippen molar-refractivity contribution >= 4 is 44.9 Å². The molecule has 34 heavy (non-hydrogen) atoms. The van der Waals surface area contributed by atoms with Crippen LogP contribution in [-0.2, 0) is 11.4 Å². The van der Waals surface area contributed by atoms with Crippen LogP contribution in [0.15, 0.2) is 76.1 Å². The molecule has 0 atom stereocenters. The summed E-state index contributed by atoms with van der Waals surface area (Å²) in [7, 11) is 0. The number of hydrogen-bond donors (Lipinski definition) is 0. The van der Waals surface area contributed by atoms with Gasteiger partial charge in [0.25, 0.3) is 11.1 Å². The minimum absolute atomic E-state index is 0.155. The summed E-state index contributed by atoms with van der Waals surface area (Å²) >= 11 is 4.32. The van der Waals surface area contributed by atoms with Crippen LogP contribution in [0.5, 0.6) is 11.5 Å². The van der Waals surface area contributed by atoms with Crippen LogP contribution >= 0.6 is 27.7 Å². The predicted octanol–water partition coefficient (Wildman–Crippen LogP) is 6.59. The quantitative estimate of drug-likeness (QED) is 0.301. The van der Waals surface area contributed by atoms with E-state index < -0.39 is 0 Å². The van der Waals surface area contributed by atoms with E-state index in [1.54, 1.807) is 24.3 Å². The third kappa shape index (κ3) is 6.07. The summed E-state index contributed by atoms with van der Waals surface area (Å²) < 4.78 is 25.5. The number of hydrogen-bond acceptors (Lipinski definition) is 5. The molecule has 4 rings (SSSR count). The third-order valence-electron chi connectivity index (χ3n) is 5.04. The van der Waals surface area contributed by atoms with Gasteiger partial charge < -0.3 is 9.47 Å². The Hall–Kier alpha value is -3.10. The monoisotopic (exact) mass is 541 g/mol. The van der Waals surface area contributed by atoms with Gasteiger partial charge in [-0.2, -0.15) is 0 Å². The van der Waals surface area contributed by atoms with Gasteiger partial charge in [-0.25, -0.2) is 4.39 Å². The zero-order valence-electron chi connectivity index (χ0n) is 18.3. The Balaban J connectivity index is 1.43. The molecule has 0 unspecified atom stereocenters. The second-order valence-corrected chi connectivity index (χ2v) is 9.50. The minimum Gasteiger partial charge on any atom is -0.492 e. The van der Waals surface area contributed by atoms with E-state index >= 15 is 0 Å². The van der Waals surface area contributed by atoms with E-state index in [-0.39, 0.29) is 36.7 Å². The summed E-state index contributed by atoms with van der Waals surface area (Å²) in [5, 5.41) is -0.340. The van der Waals surface area contributed by atoms with E-state index in [1.807, 2.05) is 43.3 Å². The van der Waals surface area contributed by atoms with Crippen molar-refractivity contribution in [1.82, 2.24) is 4.90 Å². The van der Waals surface area contributed by atoms with Crippen LogP contribution in [0.25, 0.3) is 6.08 Å². The molecule has 174 valence electrons. The van der Waals surface area contributed by atoms with Crippen LogP contribution in [0.4, 0.5) is 9.18 Å². The molecule has 3 aromatic carbocycles. The van der Waals surface area contributed by atoms with Gasteiger partial charge in [0.2, 0.25) is 0 Å². The molecule has 1 saturated heterocycles. The number of carbonyl (C=O) groups excluding carboxylic acids is 2. The second kappa shape index (κ2) is 10.9. The predicted molar refractivity (Wildman–Crippen MR) is 134 cm³/mol. The summed E-state index contributed by atoms with van der Waals surface area (Å²) in [5.74, 6) is 0.548. The number of carbonyl (C=O) groups is 2. The second-order valence-electron chi connectivity index (χ2n) is 7.59. The lowest BCUT2D eigenvalue weighted by Gasteiger charge is -2.13. The molecule has 3 aromatic rings. The Bertz CT molecular complexity index is 1230. The summed E-state index contributed by atoms with van der Waals surface area (Å²) in [6, 6.07) is 19.0. The zero-order chi connectivity index (χ0) is 24.1. The molecule has 0 aliphatic carbocycles. The van der Waals surface area contributed by atoms with Gasteiger partial charge in [0.15, 0.2) is 0 Å². The number of imide groups is 1. The first-order chi connectivity index (χ1) is 16.4. The smallest absolute Gasteiger partial charge is 0.293 e. The van der Waals surface area contributed by atoms with E-state index in [0.29, 0.717) is 22.0 Å². The first kappa shape index (κ1) is 24.0. The van der Waals surface area contributed by atoms with Gasteiger partial charge in [-0.05, 0) is 72.8 Å². The van der Waals surface area contributed by atoms with Gasteiger partial charge >= 0.3 is 0 Å². The number of ether oxygens (including phenoxy) is 2. The number of halogens is 2. The van der Waals surface area contributed by atoms with E-state index in [1.165, 1.54) is 17.0 Å². The third-order valence-corrected chi connectivity index (χ3v) is 6.44. The van der Waals surface area contributed by atoms with Gasteiger partial charge in [-0.1, -0.05) is 45.8 Å². The molecule has 8 heteroatoms. The van der Waals surface area contributed by atoms with Gasteiger partial charge in [0.05, 0.1) is 11.4 Å². The van der Waals surface area contributed by atoms with Crippen molar-refractivity contribution in [3.05, 3.63) is 98.6 Å². The fourth-order valence-corrected chi connectivity index (χ4v) is 4.46. The Morgan fingerprint density at radius 1 is 1.00 bits per heavy atom. The maximum atomic E-state index is 13.1. The van der Waals surface area contributed by atoms with E-state index in [9.17, 15) is 14.0 Å². The number of benzene rings is 3. The Kier molecular flexibility index (Phi) is 7.70. The SMILES string of the molecule is Cc1ccc(OCCN2C(=O)S/C(=C\c3cc(Br)ccc3OCc3ccc(F)cc3)C2=O)cc1. The molecular formula is C26H21BrFNO4S. The fourth-order valence-electron chi connectivity index (χ4n) is 3.23. The van der Waals surface area contributed by atoms with Gasteiger partial charge in [-0.15, -0.1) is 0 Å². The van der Waals surface area contributed by atoms with Crippen LogP contribution < -0.4 is 9.47 Å². The summed E-state index contributed by atoms with van der Waals surface area (Å²) in [6.07, 6.45) is 1.65.